The Morgan fingerprint density at radius 2 is 1.95 bits per heavy atom. The van der Waals surface area contributed by atoms with Gasteiger partial charge in [-0.25, -0.2) is 13.2 Å². The van der Waals surface area contributed by atoms with Gasteiger partial charge in [-0.3, -0.25) is 4.79 Å². The highest BCUT2D eigenvalue weighted by Crippen LogP contribution is 2.19. The van der Waals surface area contributed by atoms with Crippen LogP contribution >= 0.6 is 0 Å². The maximum atomic E-state index is 13.6. The van der Waals surface area contributed by atoms with E-state index in [9.17, 15) is 18.0 Å². The van der Waals surface area contributed by atoms with Crippen LogP contribution in [0.3, 0.4) is 0 Å². The summed E-state index contributed by atoms with van der Waals surface area (Å²) in [6, 6.07) is 1.56. The van der Waals surface area contributed by atoms with Crippen molar-refractivity contribution in [1.29, 1.82) is 0 Å². The van der Waals surface area contributed by atoms with E-state index >= 15 is 0 Å². The van der Waals surface area contributed by atoms with Gasteiger partial charge < -0.3 is 10.6 Å². The summed E-state index contributed by atoms with van der Waals surface area (Å²) < 4.78 is 39.6. The lowest BCUT2D eigenvalue weighted by Crippen LogP contribution is -2.56. The van der Waals surface area contributed by atoms with Gasteiger partial charge in [0.25, 0.3) is 5.91 Å². The molecule has 1 saturated heterocycles. The van der Waals surface area contributed by atoms with Crippen molar-refractivity contribution in [1.82, 2.24) is 10.6 Å². The van der Waals surface area contributed by atoms with Gasteiger partial charge in [0.15, 0.2) is 17.5 Å². The van der Waals surface area contributed by atoms with Gasteiger partial charge in [-0.1, -0.05) is 6.92 Å². The Hall–Kier alpha value is -1.56. The fourth-order valence-corrected chi connectivity index (χ4v) is 2.54. The highest BCUT2D eigenvalue weighted by atomic mass is 19.2. The summed E-state index contributed by atoms with van der Waals surface area (Å²) in [4.78, 5) is 12.0. The van der Waals surface area contributed by atoms with E-state index in [0.29, 0.717) is 0 Å². The van der Waals surface area contributed by atoms with E-state index < -0.39 is 28.9 Å². The number of carbonyl (C=O) groups is 1. The van der Waals surface area contributed by atoms with Crippen molar-refractivity contribution < 1.29 is 18.0 Å². The number of hydrogen-bond acceptors (Lipinski definition) is 2. The number of hydrogen-bond donors (Lipinski definition) is 2. The van der Waals surface area contributed by atoms with Gasteiger partial charge >= 0.3 is 0 Å². The fourth-order valence-electron chi connectivity index (χ4n) is 2.54. The second-order valence-electron chi connectivity index (χ2n) is 5.23. The Morgan fingerprint density at radius 1 is 1.25 bits per heavy atom. The molecule has 0 saturated carbocycles. The van der Waals surface area contributed by atoms with Gasteiger partial charge in [0.05, 0.1) is 5.56 Å². The van der Waals surface area contributed by atoms with E-state index in [-0.39, 0.29) is 18.0 Å². The van der Waals surface area contributed by atoms with Crippen molar-refractivity contribution >= 4 is 5.91 Å². The third kappa shape index (κ3) is 2.80. The predicted octanol–water partition coefficient (Wildman–Crippen LogP) is 2.22. The first-order valence-electron chi connectivity index (χ1n) is 6.59. The molecule has 3 nitrogen and oxygen atoms in total. The van der Waals surface area contributed by atoms with Crippen molar-refractivity contribution in [3.05, 3.63) is 35.1 Å². The molecule has 3 unspecified atom stereocenters. The molecule has 1 aromatic rings. The first-order chi connectivity index (χ1) is 9.41. The molecular weight excluding hydrogens is 269 g/mol. The summed E-state index contributed by atoms with van der Waals surface area (Å²) in [6.45, 7) is 4.76. The van der Waals surface area contributed by atoms with Crippen LogP contribution in [0.2, 0.25) is 0 Å². The Balaban J connectivity index is 2.18. The van der Waals surface area contributed by atoms with Crippen molar-refractivity contribution in [2.24, 2.45) is 5.92 Å². The highest BCUT2D eigenvalue weighted by molar-refractivity contribution is 5.94. The van der Waals surface area contributed by atoms with Crippen LogP contribution in [-0.4, -0.2) is 24.5 Å². The molecule has 1 aliphatic rings. The summed E-state index contributed by atoms with van der Waals surface area (Å²) >= 11 is 0. The lowest BCUT2D eigenvalue weighted by Gasteiger charge is -2.36. The molecule has 0 radical (unpaired) electrons. The molecule has 0 aromatic heterocycles. The Bertz CT molecular complexity index is 511. The minimum absolute atomic E-state index is 0.0380. The number of nitrogens with one attached hydrogen (secondary N) is 2. The van der Waals surface area contributed by atoms with E-state index in [1.807, 2.05) is 13.8 Å². The number of carbonyl (C=O) groups excluding carboxylic acids is 1. The van der Waals surface area contributed by atoms with Gasteiger partial charge in [-0.15, -0.1) is 0 Å². The van der Waals surface area contributed by atoms with Crippen LogP contribution < -0.4 is 10.6 Å². The van der Waals surface area contributed by atoms with Crippen molar-refractivity contribution in [3.8, 4) is 0 Å². The van der Waals surface area contributed by atoms with Crippen LogP contribution in [0.1, 0.15) is 30.6 Å². The Morgan fingerprint density at radius 3 is 2.60 bits per heavy atom. The first kappa shape index (κ1) is 14.8. The van der Waals surface area contributed by atoms with E-state index in [2.05, 4.69) is 10.6 Å². The second kappa shape index (κ2) is 5.83. The summed E-state index contributed by atoms with van der Waals surface area (Å²) in [6.07, 6.45) is 0.884. The molecule has 1 fully saturated rings. The third-order valence-electron chi connectivity index (χ3n) is 3.80. The van der Waals surface area contributed by atoms with Crippen LogP contribution in [0.25, 0.3) is 0 Å². The quantitative estimate of drug-likeness (QED) is 0.819. The van der Waals surface area contributed by atoms with Crippen LogP contribution in [0.5, 0.6) is 0 Å². The molecule has 1 amide bonds. The predicted molar refractivity (Wildman–Crippen MR) is 68.8 cm³/mol. The van der Waals surface area contributed by atoms with Gasteiger partial charge in [0, 0.05) is 12.1 Å². The SMILES string of the molecule is CC1CCNC(C)C1NC(=O)c1ccc(F)c(F)c1F. The molecule has 110 valence electrons. The molecule has 3 atom stereocenters. The van der Waals surface area contributed by atoms with Crippen molar-refractivity contribution in [2.45, 2.75) is 32.4 Å². The Labute approximate surface area is 115 Å². The number of amides is 1. The van der Waals surface area contributed by atoms with Crippen molar-refractivity contribution in [3.63, 3.8) is 0 Å². The van der Waals surface area contributed by atoms with Gasteiger partial charge in [0.2, 0.25) is 0 Å². The van der Waals surface area contributed by atoms with Crippen molar-refractivity contribution in [2.75, 3.05) is 6.54 Å². The van der Waals surface area contributed by atoms with Gasteiger partial charge in [0.1, 0.15) is 0 Å². The number of piperidine rings is 1. The lowest BCUT2D eigenvalue weighted by molar-refractivity contribution is 0.0892. The average molecular weight is 286 g/mol. The summed E-state index contributed by atoms with van der Waals surface area (Å²) in [7, 11) is 0. The molecule has 6 heteroatoms. The molecule has 20 heavy (non-hydrogen) atoms. The minimum Gasteiger partial charge on any atom is -0.347 e. The van der Waals surface area contributed by atoms with Crippen LogP contribution in [0, 0.1) is 23.4 Å². The minimum atomic E-state index is -1.62. The number of halogens is 3. The lowest BCUT2D eigenvalue weighted by atomic mass is 9.89. The smallest absolute Gasteiger partial charge is 0.254 e. The van der Waals surface area contributed by atoms with Crippen LogP contribution in [0.15, 0.2) is 12.1 Å². The molecule has 0 bridgehead atoms. The zero-order valence-electron chi connectivity index (χ0n) is 11.3. The van der Waals surface area contributed by atoms with E-state index in [4.69, 9.17) is 0 Å². The molecule has 1 aliphatic heterocycles. The normalized spacial score (nSPS) is 26.4. The topological polar surface area (TPSA) is 41.1 Å². The van der Waals surface area contributed by atoms with E-state index in [1.54, 1.807) is 0 Å². The fraction of sp³-hybridized carbons (Fsp3) is 0.500. The number of benzene rings is 1. The summed E-state index contributed by atoms with van der Waals surface area (Å²) in [5, 5.41) is 5.90. The third-order valence-corrected chi connectivity index (χ3v) is 3.80. The summed E-state index contributed by atoms with van der Waals surface area (Å²) in [5.74, 6) is -4.88. The Kier molecular flexibility index (Phi) is 4.32. The van der Waals surface area contributed by atoms with Gasteiger partial charge in [-0.2, -0.15) is 0 Å². The molecule has 0 spiro atoms. The number of rotatable bonds is 2. The molecule has 1 aromatic carbocycles. The zero-order valence-corrected chi connectivity index (χ0v) is 11.3. The zero-order chi connectivity index (χ0) is 14.9. The van der Waals surface area contributed by atoms with E-state index in [0.717, 1.165) is 25.1 Å². The molecule has 0 aliphatic carbocycles. The molecular formula is C14H17F3N2O. The first-order valence-corrected chi connectivity index (χ1v) is 6.59. The highest BCUT2D eigenvalue weighted by Gasteiger charge is 2.30. The molecule has 1 heterocycles. The maximum Gasteiger partial charge on any atom is 0.254 e. The maximum absolute atomic E-state index is 13.6. The summed E-state index contributed by atoms with van der Waals surface area (Å²) in [5.41, 5.74) is -0.478. The van der Waals surface area contributed by atoms with Crippen LogP contribution in [-0.2, 0) is 0 Å². The molecule has 2 rings (SSSR count). The second-order valence-corrected chi connectivity index (χ2v) is 5.23. The van der Waals surface area contributed by atoms with Crippen LogP contribution in [0.4, 0.5) is 13.2 Å². The molecule has 2 N–H and O–H groups in total. The van der Waals surface area contributed by atoms with Gasteiger partial charge in [-0.05, 0) is 37.9 Å². The monoisotopic (exact) mass is 286 g/mol. The largest absolute Gasteiger partial charge is 0.347 e. The standard InChI is InChI=1S/C14H17F3N2O/c1-7-5-6-18-8(2)13(7)19-14(20)9-3-4-10(15)12(17)11(9)16/h3-4,7-8,13,18H,5-6H2,1-2H3,(H,19,20). The average Bonchev–Trinajstić information content (AvgIpc) is 2.40. The van der Waals surface area contributed by atoms with E-state index in [1.165, 1.54) is 0 Å².